The van der Waals surface area contributed by atoms with Gasteiger partial charge in [-0.05, 0) is 13.8 Å². The molecule has 0 atom stereocenters. The zero-order valence-electron chi connectivity index (χ0n) is 10.5. The number of hydrogen-bond donors (Lipinski definition) is 2. The Bertz CT molecular complexity index is 200. The maximum absolute atomic E-state index is 11.6. The van der Waals surface area contributed by atoms with Gasteiger partial charge in [0.25, 0.3) is 0 Å². The van der Waals surface area contributed by atoms with E-state index in [4.69, 9.17) is 0 Å². The zero-order chi connectivity index (χ0) is 11.8. The molecule has 1 fully saturated rings. The lowest BCUT2D eigenvalue weighted by Gasteiger charge is -2.27. The highest BCUT2D eigenvalue weighted by molar-refractivity contribution is 5.74. The fraction of sp³-hybridized carbons (Fsp3) is 0.909. The van der Waals surface area contributed by atoms with Crippen LogP contribution in [0.2, 0.25) is 0 Å². The van der Waals surface area contributed by atoms with Gasteiger partial charge < -0.3 is 15.5 Å². The van der Waals surface area contributed by atoms with Gasteiger partial charge >= 0.3 is 6.03 Å². The molecule has 0 bridgehead atoms. The van der Waals surface area contributed by atoms with Crippen LogP contribution in [-0.4, -0.2) is 68.2 Å². The van der Waals surface area contributed by atoms with Crippen molar-refractivity contribution in [2.75, 3.05) is 52.4 Å². The van der Waals surface area contributed by atoms with Crippen LogP contribution in [0.15, 0.2) is 0 Å². The highest BCUT2D eigenvalue weighted by atomic mass is 16.2. The van der Waals surface area contributed by atoms with Crippen molar-refractivity contribution < 1.29 is 4.79 Å². The van der Waals surface area contributed by atoms with Crippen LogP contribution in [0.1, 0.15) is 13.8 Å². The normalized spacial score (nSPS) is 17.1. The van der Waals surface area contributed by atoms with Gasteiger partial charge in [0.2, 0.25) is 0 Å². The van der Waals surface area contributed by atoms with Crippen molar-refractivity contribution in [1.82, 2.24) is 20.4 Å². The Hall–Kier alpha value is -0.810. The summed E-state index contributed by atoms with van der Waals surface area (Å²) in [7, 11) is 0. The molecular formula is C11H24N4O. The molecule has 1 rings (SSSR count). The number of carbonyl (C=O) groups is 1. The first-order chi connectivity index (χ1) is 7.77. The van der Waals surface area contributed by atoms with Crippen molar-refractivity contribution >= 4 is 6.03 Å². The number of urea groups is 1. The molecule has 94 valence electrons. The molecule has 2 N–H and O–H groups in total. The van der Waals surface area contributed by atoms with Crippen LogP contribution in [0.25, 0.3) is 0 Å². The Morgan fingerprint density at radius 2 is 1.94 bits per heavy atom. The summed E-state index contributed by atoms with van der Waals surface area (Å²) in [5.74, 6) is 0. The van der Waals surface area contributed by atoms with Gasteiger partial charge in [-0.3, -0.25) is 4.90 Å². The van der Waals surface area contributed by atoms with Crippen LogP contribution in [0, 0.1) is 0 Å². The summed E-state index contributed by atoms with van der Waals surface area (Å²) in [4.78, 5) is 15.8. The second kappa shape index (κ2) is 7.46. The highest BCUT2D eigenvalue weighted by Gasteiger charge is 2.11. The summed E-state index contributed by atoms with van der Waals surface area (Å²) in [6, 6.07) is 0.0557. The van der Waals surface area contributed by atoms with Crippen LogP contribution >= 0.6 is 0 Å². The second-order valence-electron chi connectivity index (χ2n) is 4.00. The van der Waals surface area contributed by atoms with Gasteiger partial charge in [-0.15, -0.1) is 0 Å². The summed E-state index contributed by atoms with van der Waals surface area (Å²) >= 11 is 0. The lowest BCUT2D eigenvalue weighted by atomic mass is 10.3. The summed E-state index contributed by atoms with van der Waals surface area (Å²) in [5, 5.41) is 6.27. The van der Waals surface area contributed by atoms with Gasteiger partial charge in [0.05, 0.1) is 0 Å². The van der Waals surface area contributed by atoms with E-state index in [1.807, 2.05) is 13.8 Å². The van der Waals surface area contributed by atoms with E-state index in [2.05, 4.69) is 15.5 Å². The van der Waals surface area contributed by atoms with Gasteiger partial charge in [-0.2, -0.15) is 0 Å². The second-order valence-corrected chi connectivity index (χ2v) is 4.00. The number of carbonyl (C=O) groups excluding carboxylic acids is 1. The van der Waals surface area contributed by atoms with E-state index in [9.17, 15) is 4.79 Å². The molecule has 0 aromatic heterocycles. The SMILES string of the molecule is CCN(CC)C(=O)NCCN1CCNCC1. The molecule has 0 spiro atoms. The molecule has 0 aromatic carbocycles. The molecule has 1 aliphatic rings. The zero-order valence-corrected chi connectivity index (χ0v) is 10.5. The largest absolute Gasteiger partial charge is 0.337 e. The third-order valence-corrected chi connectivity index (χ3v) is 2.96. The highest BCUT2D eigenvalue weighted by Crippen LogP contribution is 1.91. The lowest BCUT2D eigenvalue weighted by Crippen LogP contribution is -2.47. The third kappa shape index (κ3) is 4.37. The topological polar surface area (TPSA) is 47.6 Å². The average molecular weight is 228 g/mol. The van der Waals surface area contributed by atoms with E-state index in [1.165, 1.54) is 0 Å². The van der Waals surface area contributed by atoms with Crippen molar-refractivity contribution in [1.29, 1.82) is 0 Å². The molecule has 16 heavy (non-hydrogen) atoms. The quantitative estimate of drug-likeness (QED) is 0.693. The Balaban J connectivity index is 2.11. The standard InChI is InChI=1S/C11H24N4O/c1-3-15(4-2)11(16)13-7-10-14-8-5-12-6-9-14/h12H,3-10H2,1-2H3,(H,13,16). The van der Waals surface area contributed by atoms with Gasteiger partial charge in [-0.1, -0.05) is 0 Å². The first-order valence-corrected chi connectivity index (χ1v) is 6.23. The first-order valence-electron chi connectivity index (χ1n) is 6.23. The third-order valence-electron chi connectivity index (χ3n) is 2.96. The minimum atomic E-state index is 0.0557. The number of nitrogens with zero attached hydrogens (tertiary/aromatic N) is 2. The molecule has 0 unspecified atom stereocenters. The molecule has 1 saturated heterocycles. The maximum Gasteiger partial charge on any atom is 0.317 e. The molecule has 0 saturated carbocycles. The molecule has 5 heteroatoms. The Kier molecular flexibility index (Phi) is 6.18. The van der Waals surface area contributed by atoms with Crippen LogP contribution in [0.4, 0.5) is 4.79 Å². The van der Waals surface area contributed by atoms with Crippen LogP contribution in [0.3, 0.4) is 0 Å². The fourth-order valence-corrected chi connectivity index (χ4v) is 1.88. The van der Waals surface area contributed by atoms with Crippen molar-refractivity contribution in [2.45, 2.75) is 13.8 Å². The number of hydrogen-bond acceptors (Lipinski definition) is 3. The molecular weight excluding hydrogens is 204 g/mol. The van der Waals surface area contributed by atoms with E-state index in [1.54, 1.807) is 4.90 Å². The number of nitrogens with one attached hydrogen (secondary N) is 2. The Morgan fingerprint density at radius 3 is 2.50 bits per heavy atom. The minimum Gasteiger partial charge on any atom is -0.337 e. The molecule has 0 aliphatic carbocycles. The van der Waals surface area contributed by atoms with Crippen molar-refractivity contribution in [2.24, 2.45) is 0 Å². The fourth-order valence-electron chi connectivity index (χ4n) is 1.88. The first kappa shape index (κ1) is 13.3. The summed E-state index contributed by atoms with van der Waals surface area (Å²) in [6.07, 6.45) is 0. The van der Waals surface area contributed by atoms with Crippen molar-refractivity contribution in [3.05, 3.63) is 0 Å². The average Bonchev–Trinajstić information content (AvgIpc) is 2.32. The number of amides is 2. The monoisotopic (exact) mass is 228 g/mol. The number of piperazine rings is 1. The van der Waals surface area contributed by atoms with Crippen LogP contribution < -0.4 is 10.6 Å². The molecule has 2 amide bonds. The predicted octanol–water partition coefficient (Wildman–Crippen LogP) is -0.0570. The number of rotatable bonds is 5. The van der Waals surface area contributed by atoms with Gasteiger partial charge in [0, 0.05) is 52.4 Å². The maximum atomic E-state index is 11.6. The molecule has 5 nitrogen and oxygen atoms in total. The molecule has 1 aliphatic heterocycles. The van der Waals surface area contributed by atoms with E-state index in [-0.39, 0.29) is 6.03 Å². The van der Waals surface area contributed by atoms with Gasteiger partial charge in [0.15, 0.2) is 0 Å². The van der Waals surface area contributed by atoms with Gasteiger partial charge in [0.1, 0.15) is 0 Å². The molecule has 1 heterocycles. The summed E-state index contributed by atoms with van der Waals surface area (Å²) in [6.45, 7) is 11.5. The van der Waals surface area contributed by atoms with Crippen LogP contribution in [0.5, 0.6) is 0 Å². The summed E-state index contributed by atoms with van der Waals surface area (Å²) in [5.41, 5.74) is 0. The van der Waals surface area contributed by atoms with Crippen LogP contribution in [-0.2, 0) is 0 Å². The minimum absolute atomic E-state index is 0.0557. The Morgan fingerprint density at radius 1 is 1.31 bits per heavy atom. The smallest absolute Gasteiger partial charge is 0.317 e. The van der Waals surface area contributed by atoms with E-state index >= 15 is 0 Å². The van der Waals surface area contributed by atoms with E-state index < -0.39 is 0 Å². The van der Waals surface area contributed by atoms with E-state index in [0.29, 0.717) is 0 Å². The van der Waals surface area contributed by atoms with Crippen molar-refractivity contribution in [3.8, 4) is 0 Å². The molecule has 0 radical (unpaired) electrons. The van der Waals surface area contributed by atoms with Crippen molar-refractivity contribution in [3.63, 3.8) is 0 Å². The predicted molar refractivity (Wildman–Crippen MR) is 65.6 cm³/mol. The van der Waals surface area contributed by atoms with Gasteiger partial charge in [-0.25, -0.2) is 4.79 Å². The lowest BCUT2D eigenvalue weighted by molar-refractivity contribution is 0.197. The summed E-state index contributed by atoms with van der Waals surface area (Å²) < 4.78 is 0. The van der Waals surface area contributed by atoms with E-state index in [0.717, 1.165) is 52.4 Å². The Labute approximate surface area is 98.2 Å². The molecule has 0 aromatic rings.